The zero-order chi connectivity index (χ0) is 31.2. The lowest BCUT2D eigenvalue weighted by Crippen LogP contribution is -2.47. The molecule has 0 saturated heterocycles. The van der Waals surface area contributed by atoms with Crippen LogP contribution in [0.5, 0.6) is 5.75 Å². The number of carbonyl (C=O) groups excluding carboxylic acids is 2. The quantitative estimate of drug-likeness (QED) is 0.0961. The number of H-pyrrole nitrogens is 1. The van der Waals surface area contributed by atoms with Crippen molar-refractivity contribution in [1.82, 2.24) is 15.6 Å². The Morgan fingerprint density at radius 2 is 1.49 bits per heavy atom. The third kappa shape index (κ3) is 9.54. The van der Waals surface area contributed by atoms with E-state index in [2.05, 4.69) is 32.0 Å². The molecule has 1 heterocycles. The van der Waals surface area contributed by atoms with Gasteiger partial charge in [-0.1, -0.05) is 29.8 Å². The molecule has 0 aliphatic carbocycles. The maximum Gasteiger partial charge on any atom is 0.414 e. The van der Waals surface area contributed by atoms with Crippen LogP contribution in [-0.4, -0.2) is 47.5 Å². The third-order valence-electron chi connectivity index (χ3n) is 5.76. The molecule has 0 spiro atoms. The Hall–Kier alpha value is -4.44. The molecule has 3 aromatic carbocycles. The second-order valence-electron chi connectivity index (χ2n) is 11.9. The van der Waals surface area contributed by atoms with Gasteiger partial charge in [0.15, 0.2) is 0 Å². The van der Waals surface area contributed by atoms with Gasteiger partial charge >= 0.3 is 12.2 Å². The first kappa shape index (κ1) is 31.5. The van der Waals surface area contributed by atoms with E-state index in [1.165, 1.54) is 0 Å². The zero-order valence-corrected chi connectivity index (χ0v) is 26.0. The normalized spacial score (nSPS) is 11.6. The number of aromatic amines is 1. The number of amides is 2. The number of halogens is 1. The van der Waals surface area contributed by atoms with Crippen molar-refractivity contribution < 1.29 is 23.8 Å². The number of aromatic nitrogens is 1. The number of ether oxygens (including phenoxy) is 3. The fraction of sp³-hybridized carbons (Fsp3) is 0.344. The highest BCUT2D eigenvalue weighted by molar-refractivity contribution is 6.32. The SMILES string of the molecule is CC(C)(C)OC(=O)NC(=NCCCOc1cc(Nc2ccccc2)cc2c1[nH]c1ccc(Cl)cc12)NC(=O)OC(C)(C)C. The van der Waals surface area contributed by atoms with E-state index in [4.69, 9.17) is 25.8 Å². The minimum atomic E-state index is -0.748. The number of guanidine groups is 1. The van der Waals surface area contributed by atoms with E-state index in [1.54, 1.807) is 41.5 Å². The molecule has 43 heavy (non-hydrogen) atoms. The lowest BCUT2D eigenvalue weighted by Gasteiger charge is -2.22. The number of rotatable bonds is 7. The average Bonchev–Trinajstić information content (AvgIpc) is 3.24. The van der Waals surface area contributed by atoms with Crippen LogP contribution in [0.25, 0.3) is 21.8 Å². The number of fused-ring (bicyclic) bond motifs is 3. The molecule has 0 unspecified atom stereocenters. The fourth-order valence-corrected chi connectivity index (χ4v) is 4.33. The molecule has 0 bridgehead atoms. The highest BCUT2D eigenvalue weighted by Crippen LogP contribution is 2.37. The predicted octanol–water partition coefficient (Wildman–Crippen LogP) is 7.89. The molecule has 10 nitrogen and oxygen atoms in total. The molecule has 4 rings (SSSR count). The minimum Gasteiger partial charge on any atom is -0.491 e. The van der Waals surface area contributed by atoms with Gasteiger partial charge in [0.05, 0.1) is 12.1 Å². The van der Waals surface area contributed by atoms with Crippen molar-refractivity contribution >= 4 is 62.9 Å². The number of benzene rings is 3. The zero-order valence-electron chi connectivity index (χ0n) is 25.3. The van der Waals surface area contributed by atoms with Gasteiger partial charge in [-0.15, -0.1) is 0 Å². The highest BCUT2D eigenvalue weighted by Gasteiger charge is 2.21. The van der Waals surface area contributed by atoms with E-state index in [1.807, 2.05) is 54.6 Å². The summed E-state index contributed by atoms with van der Waals surface area (Å²) in [6.45, 7) is 11.0. The van der Waals surface area contributed by atoms with Gasteiger partial charge in [0, 0.05) is 51.7 Å². The predicted molar refractivity (Wildman–Crippen MR) is 172 cm³/mol. The monoisotopic (exact) mass is 607 g/mol. The van der Waals surface area contributed by atoms with Crippen LogP contribution >= 0.6 is 11.6 Å². The standard InChI is InChI=1S/C32H38ClN5O5/c1-31(2,3)42-29(39)37-28(38-30(40)43-32(4,5)6)34-15-10-16-41-26-19-22(35-21-11-8-7-9-12-21)18-24-23-17-20(33)13-14-25(23)36-27(24)26/h7-9,11-14,17-19,35-36H,10,15-16H2,1-6H3,(H2,34,37,38,39,40). The van der Waals surface area contributed by atoms with Crippen molar-refractivity contribution in [3.05, 3.63) is 65.7 Å². The molecule has 0 aliphatic heterocycles. The molecule has 4 aromatic rings. The van der Waals surface area contributed by atoms with Gasteiger partial charge in [-0.3, -0.25) is 15.6 Å². The topological polar surface area (TPSA) is 126 Å². The lowest BCUT2D eigenvalue weighted by molar-refractivity contribution is 0.0545. The summed E-state index contributed by atoms with van der Waals surface area (Å²) in [6.07, 6.45) is -1.01. The molecule has 0 atom stereocenters. The van der Waals surface area contributed by atoms with Gasteiger partial charge < -0.3 is 24.5 Å². The van der Waals surface area contributed by atoms with Crippen LogP contribution < -0.4 is 20.7 Å². The summed E-state index contributed by atoms with van der Waals surface area (Å²) in [5.41, 5.74) is 2.14. The van der Waals surface area contributed by atoms with Gasteiger partial charge in [0.25, 0.3) is 0 Å². The molecular weight excluding hydrogens is 570 g/mol. The molecule has 2 amide bonds. The summed E-state index contributed by atoms with van der Waals surface area (Å²) in [7, 11) is 0. The van der Waals surface area contributed by atoms with Gasteiger partial charge in [-0.2, -0.15) is 0 Å². The molecule has 0 radical (unpaired) electrons. The molecule has 0 aliphatic rings. The van der Waals surface area contributed by atoms with E-state index in [0.717, 1.165) is 33.2 Å². The Labute approximate surface area is 256 Å². The number of carbonyl (C=O) groups is 2. The Morgan fingerprint density at radius 3 is 2.12 bits per heavy atom. The van der Waals surface area contributed by atoms with Gasteiger partial charge in [0.2, 0.25) is 5.96 Å². The molecule has 4 N–H and O–H groups in total. The van der Waals surface area contributed by atoms with Crippen LogP contribution in [-0.2, 0) is 9.47 Å². The van der Waals surface area contributed by atoms with Crippen LogP contribution in [0.4, 0.5) is 21.0 Å². The summed E-state index contributed by atoms with van der Waals surface area (Å²) < 4.78 is 16.8. The smallest absolute Gasteiger partial charge is 0.414 e. The Kier molecular flexibility index (Phi) is 9.70. The minimum absolute atomic E-state index is 0.0764. The van der Waals surface area contributed by atoms with Crippen molar-refractivity contribution in [3.8, 4) is 5.75 Å². The summed E-state index contributed by atoms with van der Waals surface area (Å²) in [5, 5.41) is 11.0. The molecule has 1 aromatic heterocycles. The number of aliphatic imine (C=N–C) groups is 1. The molecule has 0 fully saturated rings. The summed E-state index contributed by atoms with van der Waals surface area (Å²) in [6, 6.07) is 19.6. The summed E-state index contributed by atoms with van der Waals surface area (Å²) in [4.78, 5) is 32.5. The van der Waals surface area contributed by atoms with Crippen LogP contribution in [0.15, 0.2) is 65.7 Å². The van der Waals surface area contributed by atoms with Crippen molar-refractivity contribution in [1.29, 1.82) is 0 Å². The van der Waals surface area contributed by atoms with Gasteiger partial charge in [-0.05, 0) is 77.9 Å². The number of anilines is 2. The average molecular weight is 608 g/mol. The van der Waals surface area contributed by atoms with E-state index < -0.39 is 23.4 Å². The molecule has 228 valence electrons. The van der Waals surface area contributed by atoms with Crippen LogP contribution in [0, 0.1) is 0 Å². The second kappa shape index (κ2) is 13.2. The number of hydrogen-bond acceptors (Lipinski definition) is 7. The van der Waals surface area contributed by atoms with Crippen molar-refractivity contribution in [2.75, 3.05) is 18.5 Å². The first-order chi connectivity index (χ1) is 20.3. The Balaban J connectivity index is 1.50. The second-order valence-corrected chi connectivity index (χ2v) is 12.3. The number of para-hydroxylation sites is 1. The number of nitrogens with zero attached hydrogens (tertiary/aromatic N) is 1. The number of alkyl carbamates (subject to hydrolysis) is 2. The van der Waals surface area contributed by atoms with Gasteiger partial charge in [-0.25, -0.2) is 9.59 Å². The highest BCUT2D eigenvalue weighted by atomic mass is 35.5. The Morgan fingerprint density at radius 1 is 0.837 bits per heavy atom. The first-order valence-corrected chi connectivity index (χ1v) is 14.4. The summed E-state index contributed by atoms with van der Waals surface area (Å²) >= 11 is 6.31. The van der Waals surface area contributed by atoms with Crippen LogP contribution in [0.2, 0.25) is 5.02 Å². The van der Waals surface area contributed by atoms with Crippen LogP contribution in [0.3, 0.4) is 0 Å². The van der Waals surface area contributed by atoms with E-state index in [9.17, 15) is 9.59 Å². The maximum absolute atomic E-state index is 12.3. The maximum atomic E-state index is 12.3. The largest absolute Gasteiger partial charge is 0.491 e. The molecule has 0 saturated carbocycles. The third-order valence-corrected chi connectivity index (χ3v) is 6.00. The lowest BCUT2D eigenvalue weighted by atomic mass is 10.1. The van der Waals surface area contributed by atoms with E-state index in [-0.39, 0.29) is 12.5 Å². The first-order valence-electron chi connectivity index (χ1n) is 14.0. The molecular formula is C32H38ClN5O5. The molecule has 11 heteroatoms. The van der Waals surface area contributed by atoms with Crippen molar-refractivity contribution in [3.63, 3.8) is 0 Å². The van der Waals surface area contributed by atoms with E-state index in [0.29, 0.717) is 23.8 Å². The van der Waals surface area contributed by atoms with Crippen molar-refractivity contribution in [2.24, 2.45) is 4.99 Å². The number of nitrogens with one attached hydrogen (secondary N) is 4. The number of hydrogen-bond donors (Lipinski definition) is 4. The van der Waals surface area contributed by atoms with Crippen LogP contribution in [0.1, 0.15) is 48.0 Å². The summed E-state index contributed by atoms with van der Waals surface area (Å²) in [5.74, 6) is 0.582. The van der Waals surface area contributed by atoms with Gasteiger partial charge in [0.1, 0.15) is 17.0 Å². The fourth-order valence-electron chi connectivity index (χ4n) is 4.16. The van der Waals surface area contributed by atoms with Crippen molar-refractivity contribution in [2.45, 2.75) is 59.2 Å². The Bertz CT molecular complexity index is 1590. The van der Waals surface area contributed by atoms with E-state index >= 15 is 0 Å².